The summed E-state index contributed by atoms with van der Waals surface area (Å²) in [6, 6.07) is 4.81. The molecular formula is C20H31F2IN4O3. The monoisotopic (exact) mass is 540 g/mol. The number of likely N-dealkylation sites (tertiary alicyclic amines) is 1. The molecule has 7 nitrogen and oxygen atoms in total. The number of alkyl halides is 2. The van der Waals surface area contributed by atoms with E-state index in [-0.39, 0.29) is 41.4 Å². The molecule has 0 spiro atoms. The van der Waals surface area contributed by atoms with E-state index < -0.39 is 6.61 Å². The summed E-state index contributed by atoms with van der Waals surface area (Å²) in [5.41, 5.74) is 0.815. The van der Waals surface area contributed by atoms with Crippen molar-refractivity contribution in [2.75, 3.05) is 32.8 Å². The van der Waals surface area contributed by atoms with Crippen LogP contribution in [0, 0.1) is 0 Å². The minimum atomic E-state index is -2.90. The predicted molar refractivity (Wildman–Crippen MR) is 123 cm³/mol. The lowest BCUT2D eigenvalue weighted by molar-refractivity contribution is -0.127. The second kappa shape index (κ2) is 14.2. The number of nitrogens with one attached hydrogen (secondary N) is 2. The number of amides is 1. The molecule has 0 aromatic heterocycles. The third-order valence-electron chi connectivity index (χ3n) is 4.36. The van der Waals surface area contributed by atoms with Crippen molar-refractivity contribution in [2.24, 2.45) is 4.99 Å². The van der Waals surface area contributed by atoms with E-state index in [1.54, 1.807) is 19.1 Å². The first-order chi connectivity index (χ1) is 14.0. The van der Waals surface area contributed by atoms with Crippen molar-refractivity contribution in [2.45, 2.75) is 46.3 Å². The van der Waals surface area contributed by atoms with Gasteiger partial charge in [0.15, 0.2) is 17.5 Å². The van der Waals surface area contributed by atoms with Crippen LogP contribution in [0.1, 0.15) is 38.7 Å². The van der Waals surface area contributed by atoms with Crippen molar-refractivity contribution in [3.05, 3.63) is 23.8 Å². The molecular weight excluding hydrogens is 509 g/mol. The molecule has 0 radical (unpaired) electrons. The highest BCUT2D eigenvalue weighted by Crippen LogP contribution is 2.30. The van der Waals surface area contributed by atoms with Crippen molar-refractivity contribution in [1.29, 1.82) is 0 Å². The summed E-state index contributed by atoms with van der Waals surface area (Å²) in [6.45, 7) is 4.55. The van der Waals surface area contributed by atoms with Gasteiger partial charge in [-0.1, -0.05) is 6.07 Å². The van der Waals surface area contributed by atoms with Crippen molar-refractivity contribution in [1.82, 2.24) is 15.5 Å². The van der Waals surface area contributed by atoms with Crippen LogP contribution in [-0.2, 0) is 11.3 Å². The van der Waals surface area contributed by atoms with Crippen LogP contribution in [0.4, 0.5) is 8.78 Å². The second-order valence-electron chi connectivity index (χ2n) is 6.55. The summed E-state index contributed by atoms with van der Waals surface area (Å²) in [5, 5.41) is 6.42. The van der Waals surface area contributed by atoms with Crippen LogP contribution in [0.15, 0.2) is 23.2 Å². The number of rotatable bonds is 11. The van der Waals surface area contributed by atoms with Gasteiger partial charge in [-0.2, -0.15) is 8.78 Å². The van der Waals surface area contributed by atoms with Gasteiger partial charge in [-0.3, -0.25) is 4.79 Å². The maximum absolute atomic E-state index is 12.5. The Labute approximate surface area is 193 Å². The average molecular weight is 540 g/mol. The van der Waals surface area contributed by atoms with Gasteiger partial charge in [0.25, 0.3) is 0 Å². The number of ether oxygens (including phenoxy) is 2. The summed E-state index contributed by atoms with van der Waals surface area (Å²) in [7, 11) is 0. The Morgan fingerprint density at radius 3 is 2.70 bits per heavy atom. The lowest BCUT2D eigenvalue weighted by Crippen LogP contribution is -2.39. The van der Waals surface area contributed by atoms with E-state index in [2.05, 4.69) is 20.4 Å². The van der Waals surface area contributed by atoms with Crippen molar-refractivity contribution < 1.29 is 23.0 Å². The number of guanidine groups is 1. The summed E-state index contributed by atoms with van der Waals surface area (Å²) in [4.78, 5) is 18.1. The Hall–Kier alpha value is -1.85. The molecule has 30 heavy (non-hydrogen) atoms. The van der Waals surface area contributed by atoms with E-state index in [1.165, 1.54) is 6.07 Å². The van der Waals surface area contributed by atoms with Crippen LogP contribution in [0.3, 0.4) is 0 Å². The van der Waals surface area contributed by atoms with E-state index in [1.807, 2.05) is 11.8 Å². The number of hydrogen-bond donors (Lipinski definition) is 2. The molecule has 2 N–H and O–H groups in total. The molecule has 1 aromatic rings. The molecule has 1 fully saturated rings. The quantitative estimate of drug-likeness (QED) is 0.195. The fourth-order valence-corrected chi connectivity index (χ4v) is 3.04. The molecule has 170 valence electrons. The van der Waals surface area contributed by atoms with Crippen molar-refractivity contribution >= 4 is 35.8 Å². The Kier molecular flexibility index (Phi) is 12.4. The number of halogens is 3. The minimum Gasteiger partial charge on any atom is -0.490 e. The normalized spacial score (nSPS) is 14.0. The fourth-order valence-electron chi connectivity index (χ4n) is 3.04. The highest BCUT2D eigenvalue weighted by molar-refractivity contribution is 14.0. The molecule has 0 saturated carbocycles. The van der Waals surface area contributed by atoms with Gasteiger partial charge in [0, 0.05) is 32.6 Å². The van der Waals surface area contributed by atoms with Gasteiger partial charge >= 0.3 is 6.61 Å². The Bertz CT molecular complexity index is 692. The topological polar surface area (TPSA) is 75.2 Å². The SMILES string of the molecule is CCNC(=NCc1ccc(OC(F)F)c(OCC)c1)NCCCN1CCCC1=O.I. The Morgan fingerprint density at radius 1 is 1.27 bits per heavy atom. The average Bonchev–Trinajstić information content (AvgIpc) is 3.09. The fraction of sp³-hybridized carbons (Fsp3) is 0.600. The molecule has 1 heterocycles. The molecule has 0 aliphatic carbocycles. The summed E-state index contributed by atoms with van der Waals surface area (Å²) in [5.74, 6) is 1.17. The molecule has 0 bridgehead atoms. The maximum Gasteiger partial charge on any atom is 0.387 e. The van der Waals surface area contributed by atoms with E-state index in [9.17, 15) is 13.6 Å². The standard InChI is InChI=1S/C20H30F2N4O3.HI/c1-3-23-20(24-10-6-12-26-11-5-7-18(26)27)25-14-15-8-9-16(29-19(21)22)17(13-15)28-4-2;/h8-9,13,19H,3-7,10-12,14H2,1-2H3,(H2,23,24,25);1H. The van der Waals surface area contributed by atoms with E-state index >= 15 is 0 Å². The van der Waals surface area contributed by atoms with Gasteiger partial charge in [-0.15, -0.1) is 24.0 Å². The number of benzene rings is 1. The number of aliphatic imine (C=N–C) groups is 1. The minimum absolute atomic E-state index is 0. The van der Waals surface area contributed by atoms with Crippen LogP contribution in [0.2, 0.25) is 0 Å². The largest absolute Gasteiger partial charge is 0.490 e. The first-order valence-corrected chi connectivity index (χ1v) is 10.0. The van der Waals surface area contributed by atoms with E-state index in [0.717, 1.165) is 31.5 Å². The molecule has 0 unspecified atom stereocenters. The van der Waals surface area contributed by atoms with Crippen LogP contribution in [-0.4, -0.2) is 56.2 Å². The number of carbonyl (C=O) groups is 1. The highest BCUT2D eigenvalue weighted by Gasteiger charge is 2.19. The van der Waals surface area contributed by atoms with Gasteiger partial charge in [-0.25, -0.2) is 4.99 Å². The molecule has 10 heteroatoms. The third-order valence-corrected chi connectivity index (χ3v) is 4.36. The maximum atomic E-state index is 12.5. The molecule has 1 aromatic carbocycles. The van der Waals surface area contributed by atoms with Crippen LogP contribution >= 0.6 is 24.0 Å². The lowest BCUT2D eigenvalue weighted by atomic mass is 10.2. The molecule has 1 aliphatic rings. The highest BCUT2D eigenvalue weighted by atomic mass is 127. The zero-order valence-electron chi connectivity index (χ0n) is 17.5. The Morgan fingerprint density at radius 2 is 2.07 bits per heavy atom. The number of carbonyl (C=O) groups excluding carboxylic acids is 1. The molecule has 2 rings (SSSR count). The van der Waals surface area contributed by atoms with E-state index in [4.69, 9.17) is 4.74 Å². The summed E-state index contributed by atoms with van der Waals surface area (Å²) < 4.78 is 34.9. The first kappa shape index (κ1) is 26.2. The Balaban J connectivity index is 0.00000450. The molecule has 0 atom stereocenters. The number of nitrogens with zero attached hydrogens (tertiary/aromatic N) is 2. The summed E-state index contributed by atoms with van der Waals surface area (Å²) in [6.07, 6.45) is 2.44. The smallest absolute Gasteiger partial charge is 0.387 e. The molecule has 1 aliphatic heterocycles. The zero-order valence-corrected chi connectivity index (χ0v) is 19.8. The van der Waals surface area contributed by atoms with Gasteiger partial charge in [0.05, 0.1) is 13.2 Å². The zero-order chi connectivity index (χ0) is 21.1. The second-order valence-corrected chi connectivity index (χ2v) is 6.55. The predicted octanol–water partition coefficient (Wildman–Crippen LogP) is 3.37. The van der Waals surface area contributed by atoms with Crippen molar-refractivity contribution in [3.8, 4) is 11.5 Å². The van der Waals surface area contributed by atoms with Gasteiger partial charge in [-0.05, 0) is 44.4 Å². The third kappa shape index (κ3) is 8.88. The van der Waals surface area contributed by atoms with Crippen LogP contribution < -0.4 is 20.1 Å². The molecule has 1 saturated heterocycles. The first-order valence-electron chi connectivity index (χ1n) is 10.0. The lowest BCUT2D eigenvalue weighted by Gasteiger charge is -2.16. The van der Waals surface area contributed by atoms with Gasteiger partial charge in [0.2, 0.25) is 5.91 Å². The van der Waals surface area contributed by atoms with Crippen LogP contribution in [0.5, 0.6) is 11.5 Å². The number of hydrogen-bond acceptors (Lipinski definition) is 4. The van der Waals surface area contributed by atoms with Crippen LogP contribution in [0.25, 0.3) is 0 Å². The van der Waals surface area contributed by atoms with Gasteiger partial charge < -0.3 is 25.0 Å². The van der Waals surface area contributed by atoms with Gasteiger partial charge in [0.1, 0.15) is 0 Å². The van der Waals surface area contributed by atoms with E-state index in [0.29, 0.717) is 38.6 Å². The van der Waals surface area contributed by atoms with Crippen molar-refractivity contribution in [3.63, 3.8) is 0 Å². The summed E-state index contributed by atoms with van der Waals surface area (Å²) >= 11 is 0. The molecule has 1 amide bonds.